The molecule has 0 heterocycles. The molecule has 4 heteroatoms. The molecular weight excluding hydrogens is 330 g/mol. The van der Waals surface area contributed by atoms with Crippen molar-refractivity contribution in [3.8, 4) is 5.75 Å². The number of aliphatic hydroxyl groups is 1. The van der Waals surface area contributed by atoms with Gasteiger partial charge in [0, 0.05) is 10.0 Å². The maximum atomic E-state index is 10.00. The lowest BCUT2D eigenvalue weighted by molar-refractivity contribution is -0.698. The van der Waals surface area contributed by atoms with Crippen molar-refractivity contribution in [2.75, 3.05) is 13.2 Å². The summed E-state index contributed by atoms with van der Waals surface area (Å²) in [7, 11) is 0. The summed E-state index contributed by atoms with van der Waals surface area (Å²) in [5, 5.41) is 12.1. The van der Waals surface area contributed by atoms with Gasteiger partial charge in [0.05, 0.1) is 0 Å². The Kier molecular flexibility index (Phi) is 6.23. The van der Waals surface area contributed by atoms with Gasteiger partial charge in [0.15, 0.2) is 0 Å². The average Bonchev–Trinajstić information content (AvgIpc) is 2.53. The number of ether oxygens (including phenoxy) is 1. The van der Waals surface area contributed by atoms with E-state index >= 15 is 0 Å². The fraction of sp³-hybridized carbons (Fsp3) is 0.294. The lowest BCUT2D eigenvalue weighted by atomic mass is 10.1. The summed E-state index contributed by atoms with van der Waals surface area (Å²) < 4.78 is 6.58. The van der Waals surface area contributed by atoms with Crippen molar-refractivity contribution >= 4 is 15.9 Å². The minimum Gasteiger partial charge on any atom is -0.491 e. The molecule has 0 spiro atoms. The lowest BCUT2D eigenvalue weighted by Crippen LogP contribution is -2.87. The van der Waals surface area contributed by atoms with Crippen LogP contribution in [0.5, 0.6) is 5.75 Å². The Balaban J connectivity index is 1.72. The number of rotatable bonds is 7. The average molecular weight is 351 g/mol. The van der Waals surface area contributed by atoms with Crippen molar-refractivity contribution in [3.05, 3.63) is 64.6 Å². The third kappa shape index (κ3) is 5.50. The van der Waals surface area contributed by atoms with Crippen molar-refractivity contribution in [2.24, 2.45) is 0 Å². The summed E-state index contributed by atoms with van der Waals surface area (Å²) >= 11 is 3.38. The third-order valence-electron chi connectivity index (χ3n) is 3.34. The second kappa shape index (κ2) is 8.17. The third-order valence-corrected chi connectivity index (χ3v) is 3.87. The molecule has 0 saturated carbocycles. The Bertz CT molecular complexity index is 530. The van der Waals surface area contributed by atoms with Gasteiger partial charge in [0.1, 0.15) is 31.0 Å². The summed E-state index contributed by atoms with van der Waals surface area (Å²) in [6, 6.07) is 18.2. The van der Waals surface area contributed by atoms with Crippen LogP contribution < -0.4 is 10.1 Å². The molecule has 0 unspecified atom stereocenters. The number of halogens is 1. The molecule has 3 N–H and O–H groups in total. The smallest absolute Gasteiger partial charge is 0.137 e. The van der Waals surface area contributed by atoms with Crippen LogP contribution in [0.1, 0.15) is 18.5 Å². The zero-order valence-electron chi connectivity index (χ0n) is 12.1. The highest BCUT2D eigenvalue weighted by Crippen LogP contribution is 2.16. The van der Waals surface area contributed by atoms with Crippen LogP contribution in [0.2, 0.25) is 0 Å². The molecule has 0 bridgehead atoms. The van der Waals surface area contributed by atoms with Crippen LogP contribution in [0.25, 0.3) is 0 Å². The molecule has 3 nitrogen and oxygen atoms in total. The predicted octanol–water partition coefficient (Wildman–Crippen LogP) is 2.51. The van der Waals surface area contributed by atoms with Crippen LogP contribution >= 0.6 is 15.9 Å². The number of aliphatic hydroxyl groups excluding tert-OH is 1. The van der Waals surface area contributed by atoms with E-state index in [0.29, 0.717) is 19.2 Å². The Morgan fingerprint density at radius 2 is 1.76 bits per heavy atom. The van der Waals surface area contributed by atoms with Gasteiger partial charge >= 0.3 is 0 Å². The molecule has 0 aliphatic rings. The number of nitrogens with two attached hydrogens (primary N) is 1. The van der Waals surface area contributed by atoms with Crippen molar-refractivity contribution in [3.63, 3.8) is 0 Å². The minimum absolute atomic E-state index is 0.305. The molecule has 112 valence electrons. The first-order chi connectivity index (χ1) is 10.1. The highest BCUT2D eigenvalue weighted by Gasteiger charge is 2.12. The number of hydrogen-bond donors (Lipinski definition) is 2. The lowest BCUT2D eigenvalue weighted by Gasteiger charge is -2.15. The zero-order valence-corrected chi connectivity index (χ0v) is 13.7. The summed E-state index contributed by atoms with van der Waals surface area (Å²) in [6.07, 6.45) is -0.486. The van der Waals surface area contributed by atoms with E-state index in [1.807, 2.05) is 42.5 Å². The second-order valence-corrected chi connectivity index (χ2v) is 6.01. The van der Waals surface area contributed by atoms with Crippen LogP contribution in [0.3, 0.4) is 0 Å². The molecule has 0 aromatic heterocycles. The van der Waals surface area contributed by atoms with Gasteiger partial charge in [0.25, 0.3) is 0 Å². The number of quaternary nitrogens is 1. The maximum absolute atomic E-state index is 10.00. The molecule has 0 aliphatic heterocycles. The van der Waals surface area contributed by atoms with E-state index in [-0.39, 0.29) is 0 Å². The maximum Gasteiger partial charge on any atom is 0.137 e. The van der Waals surface area contributed by atoms with Gasteiger partial charge in [-0.05, 0) is 31.2 Å². The van der Waals surface area contributed by atoms with Gasteiger partial charge < -0.3 is 15.2 Å². The summed E-state index contributed by atoms with van der Waals surface area (Å²) in [4.78, 5) is 0. The van der Waals surface area contributed by atoms with Gasteiger partial charge in [-0.25, -0.2) is 0 Å². The molecule has 0 saturated heterocycles. The SMILES string of the molecule is C[C@@H]([NH2+]C[C@H](O)COc1ccc(Br)cc1)c1ccccc1. The van der Waals surface area contributed by atoms with Crippen LogP contribution in [0.4, 0.5) is 0 Å². The van der Waals surface area contributed by atoms with Crippen LogP contribution in [-0.2, 0) is 0 Å². The Morgan fingerprint density at radius 3 is 2.43 bits per heavy atom. The Morgan fingerprint density at radius 1 is 1.10 bits per heavy atom. The molecule has 2 aromatic rings. The molecule has 21 heavy (non-hydrogen) atoms. The van der Waals surface area contributed by atoms with Gasteiger partial charge in [0.2, 0.25) is 0 Å². The Hall–Kier alpha value is -1.36. The van der Waals surface area contributed by atoms with E-state index in [2.05, 4.69) is 40.3 Å². The molecular formula is C17H21BrNO2+. The molecule has 0 radical (unpaired) electrons. The highest BCUT2D eigenvalue weighted by atomic mass is 79.9. The van der Waals surface area contributed by atoms with Crippen molar-refractivity contribution in [1.29, 1.82) is 0 Å². The Labute approximate surface area is 134 Å². The van der Waals surface area contributed by atoms with Crippen molar-refractivity contribution in [2.45, 2.75) is 19.1 Å². The molecule has 2 aromatic carbocycles. The van der Waals surface area contributed by atoms with E-state index in [0.717, 1.165) is 10.2 Å². The largest absolute Gasteiger partial charge is 0.491 e. The van der Waals surface area contributed by atoms with Gasteiger partial charge in [-0.3, -0.25) is 0 Å². The summed E-state index contributed by atoms with van der Waals surface area (Å²) in [5.41, 5.74) is 1.26. The molecule has 0 aliphatic carbocycles. The summed E-state index contributed by atoms with van der Waals surface area (Å²) in [5.74, 6) is 0.772. The van der Waals surface area contributed by atoms with E-state index in [1.54, 1.807) is 0 Å². The van der Waals surface area contributed by atoms with Crippen LogP contribution in [0.15, 0.2) is 59.1 Å². The fourth-order valence-corrected chi connectivity index (χ4v) is 2.31. The highest BCUT2D eigenvalue weighted by molar-refractivity contribution is 9.10. The van der Waals surface area contributed by atoms with Crippen molar-refractivity contribution < 1.29 is 15.2 Å². The van der Waals surface area contributed by atoms with E-state index in [4.69, 9.17) is 4.74 Å². The van der Waals surface area contributed by atoms with Gasteiger partial charge in [-0.15, -0.1) is 0 Å². The summed E-state index contributed by atoms with van der Waals surface area (Å²) in [6.45, 7) is 3.06. The molecule has 0 amide bonds. The van der Waals surface area contributed by atoms with Gasteiger partial charge in [-0.2, -0.15) is 0 Å². The normalized spacial score (nSPS) is 13.7. The van der Waals surface area contributed by atoms with E-state index in [1.165, 1.54) is 5.56 Å². The molecule has 2 atom stereocenters. The first-order valence-corrected chi connectivity index (χ1v) is 7.89. The molecule has 2 rings (SSSR count). The topological polar surface area (TPSA) is 46.1 Å². The zero-order chi connectivity index (χ0) is 15.1. The van der Waals surface area contributed by atoms with Crippen molar-refractivity contribution in [1.82, 2.24) is 0 Å². The van der Waals surface area contributed by atoms with Crippen LogP contribution in [0, 0.1) is 0 Å². The standard InChI is InChI=1S/C17H20BrNO2/c1-13(14-5-3-2-4-6-14)19-11-16(20)12-21-17-9-7-15(18)8-10-17/h2-10,13,16,19-20H,11-12H2,1H3/p+1/t13-,16+/m1/s1. The van der Waals surface area contributed by atoms with E-state index < -0.39 is 6.10 Å². The minimum atomic E-state index is -0.486. The predicted molar refractivity (Wildman–Crippen MR) is 87.3 cm³/mol. The van der Waals surface area contributed by atoms with E-state index in [9.17, 15) is 5.11 Å². The number of hydrogen-bond acceptors (Lipinski definition) is 2. The first-order valence-electron chi connectivity index (χ1n) is 7.10. The van der Waals surface area contributed by atoms with Gasteiger partial charge in [-0.1, -0.05) is 46.3 Å². The van der Waals surface area contributed by atoms with Crippen LogP contribution in [-0.4, -0.2) is 24.4 Å². The fourth-order valence-electron chi connectivity index (χ4n) is 2.05. The quantitative estimate of drug-likeness (QED) is 0.805. The number of benzene rings is 2. The second-order valence-electron chi connectivity index (χ2n) is 5.09. The molecule has 0 fully saturated rings. The monoisotopic (exact) mass is 350 g/mol. The first kappa shape index (κ1) is 16.0.